The third-order valence-electron chi connectivity index (χ3n) is 4.93. The number of aromatic nitrogens is 3. The average molecular weight is 441 g/mol. The number of nitrogens with zero attached hydrogens (tertiary/aromatic N) is 3. The van der Waals surface area contributed by atoms with E-state index in [1.54, 1.807) is 29.8 Å². The quantitative estimate of drug-likeness (QED) is 0.512. The first-order valence-corrected chi connectivity index (χ1v) is 9.70. The van der Waals surface area contributed by atoms with Gasteiger partial charge in [-0.05, 0) is 35.9 Å². The molecule has 0 fully saturated rings. The summed E-state index contributed by atoms with van der Waals surface area (Å²) in [6.45, 7) is 0.259. The van der Waals surface area contributed by atoms with Crippen LogP contribution in [-0.4, -0.2) is 21.2 Å². The molecule has 0 atom stereocenters. The van der Waals surface area contributed by atoms with Crippen molar-refractivity contribution in [2.45, 2.75) is 6.54 Å². The number of nitrogens with one attached hydrogen (secondary N) is 1. The maximum atomic E-state index is 13.5. The largest absolute Gasteiger partial charge is 0.490 e. The van der Waals surface area contributed by atoms with Crippen molar-refractivity contribution < 1.29 is 9.13 Å². The Kier molecular flexibility index (Phi) is 5.48. The van der Waals surface area contributed by atoms with Gasteiger partial charge in [0.25, 0.3) is 5.56 Å². The number of benzene rings is 2. The molecule has 4 rings (SSSR count). The highest BCUT2D eigenvalue weighted by Crippen LogP contribution is 2.25. The molecule has 0 spiro atoms. The highest BCUT2D eigenvalue weighted by Gasteiger charge is 2.13. The second-order valence-corrected chi connectivity index (χ2v) is 7.32. The van der Waals surface area contributed by atoms with E-state index in [1.165, 1.54) is 36.1 Å². The van der Waals surface area contributed by atoms with E-state index in [2.05, 4.69) is 10.3 Å². The van der Waals surface area contributed by atoms with Crippen LogP contribution in [0.3, 0.4) is 0 Å². The van der Waals surface area contributed by atoms with Crippen LogP contribution in [0.25, 0.3) is 10.9 Å². The monoisotopic (exact) mass is 440 g/mol. The number of hydrogen-bond donors (Lipinski definition) is 1. The summed E-state index contributed by atoms with van der Waals surface area (Å²) < 4.78 is 21.9. The summed E-state index contributed by atoms with van der Waals surface area (Å²) in [6, 6.07) is 13.0. The van der Waals surface area contributed by atoms with Crippen LogP contribution in [-0.2, 0) is 13.6 Å². The first-order chi connectivity index (χ1) is 14.9. The lowest BCUT2D eigenvalue weighted by Crippen LogP contribution is -2.19. The van der Waals surface area contributed by atoms with Crippen molar-refractivity contribution in [3.8, 4) is 5.75 Å². The molecule has 0 saturated heterocycles. The Labute approximate surface area is 181 Å². The van der Waals surface area contributed by atoms with E-state index in [9.17, 15) is 14.0 Å². The van der Waals surface area contributed by atoms with Gasteiger partial charge < -0.3 is 19.2 Å². The summed E-state index contributed by atoms with van der Waals surface area (Å²) in [5, 5.41) is 3.96. The number of rotatable bonds is 5. The minimum Gasteiger partial charge on any atom is -0.490 e. The SMILES string of the molecule is COc1cn(Cc2ccc(F)c(Cl)c2)c(Nc2cccc3c2ccc(=O)n3C)nc1=O. The number of pyridine rings is 1. The van der Waals surface area contributed by atoms with Gasteiger partial charge in [-0.15, -0.1) is 0 Å². The fourth-order valence-corrected chi connectivity index (χ4v) is 3.51. The van der Waals surface area contributed by atoms with Crippen LogP contribution in [0.15, 0.2) is 64.3 Å². The number of aryl methyl sites for hydroxylation is 1. The molecule has 158 valence electrons. The van der Waals surface area contributed by atoms with Crippen molar-refractivity contribution in [1.29, 1.82) is 0 Å². The van der Waals surface area contributed by atoms with Crippen LogP contribution in [0, 0.1) is 5.82 Å². The third-order valence-corrected chi connectivity index (χ3v) is 5.22. The molecular formula is C22H18ClFN4O3. The Morgan fingerprint density at radius 3 is 2.71 bits per heavy atom. The Morgan fingerprint density at radius 2 is 1.97 bits per heavy atom. The van der Waals surface area contributed by atoms with Crippen molar-refractivity contribution in [2.75, 3.05) is 12.4 Å². The minimum atomic E-state index is -0.536. The summed E-state index contributed by atoms with van der Waals surface area (Å²) in [5.74, 6) is -0.188. The number of methoxy groups -OCH3 is 1. The Hall–Kier alpha value is -3.65. The molecule has 0 saturated carbocycles. The van der Waals surface area contributed by atoms with Crippen LogP contribution in [0.1, 0.15) is 5.56 Å². The molecule has 9 heteroatoms. The van der Waals surface area contributed by atoms with E-state index < -0.39 is 11.4 Å². The zero-order valence-electron chi connectivity index (χ0n) is 16.7. The van der Waals surface area contributed by atoms with E-state index in [-0.39, 0.29) is 28.8 Å². The van der Waals surface area contributed by atoms with Gasteiger partial charge in [-0.25, -0.2) is 4.39 Å². The van der Waals surface area contributed by atoms with Crippen LogP contribution >= 0.6 is 11.6 Å². The Morgan fingerprint density at radius 1 is 1.16 bits per heavy atom. The van der Waals surface area contributed by atoms with Gasteiger partial charge in [-0.1, -0.05) is 23.7 Å². The van der Waals surface area contributed by atoms with Gasteiger partial charge in [0.15, 0.2) is 0 Å². The Balaban J connectivity index is 1.81. The molecule has 2 heterocycles. The van der Waals surface area contributed by atoms with E-state index in [0.29, 0.717) is 11.3 Å². The van der Waals surface area contributed by atoms with E-state index in [4.69, 9.17) is 16.3 Å². The second kappa shape index (κ2) is 8.23. The topological polar surface area (TPSA) is 78.2 Å². The van der Waals surface area contributed by atoms with Crippen molar-refractivity contribution >= 4 is 34.1 Å². The predicted octanol–water partition coefficient (Wildman–Crippen LogP) is 3.69. The van der Waals surface area contributed by atoms with E-state index >= 15 is 0 Å². The van der Waals surface area contributed by atoms with Gasteiger partial charge in [0, 0.05) is 18.5 Å². The second-order valence-electron chi connectivity index (χ2n) is 6.91. The van der Waals surface area contributed by atoms with Gasteiger partial charge in [-0.2, -0.15) is 4.98 Å². The van der Waals surface area contributed by atoms with E-state index in [1.807, 2.05) is 12.1 Å². The third kappa shape index (κ3) is 4.02. The molecular weight excluding hydrogens is 423 g/mol. The highest BCUT2D eigenvalue weighted by atomic mass is 35.5. The van der Waals surface area contributed by atoms with Crippen LogP contribution in [0.2, 0.25) is 5.02 Å². The zero-order valence-corrected chi connectivity index (χ0v) is 17.5. The summed E-state index contributed by atoms with van der Waals surface area (Å²) in [5.41, 5.74) is 1.44. The fourth-order valence-electron chi connectivity index (χ4n) is 3.30. The molecule has 0 unspecified atom stereocenters. The lowest BCUT2D eigenvalue weighted by Gasteiger charge is -2.17. The molecule has 0 aliphatic heterocycles. The lowest BCUT2D eigenvalue weighted by molar-refractivity contribution is 0.402. The summed E-state index contributed by atoms with van der Waals surface area (Å²) in [6.07, 6.45) is 1.52. The van der Waals surface area contributed by atoms with Gasteiger partial charge in [0.2, 0.25) is 11.7 Å². The van der Waals surface area contributed by atoms with E-state index in [0.717, 1.165) is 10.9 Å². The van der Waals surface area contributed by atoms with Crippen molar-refractivity contribution in [3.63, 3.8) is 0 Å². The zero-order chi connectivity index (χ0) is 22.1. The molecule has 31 heavy (non-hydrogen) atoms. The summed E-state index contributed by atoms with van der Waals surface area (Å²) in [4.78, 5) is 28.4. The van der Waals surface area contributed by atoms with Gasteiger partial charge >= 0.3 is 5.56 Å². The van der Waals surface area contributed by atoms with Gasteiger partial charge in [0.1, 0.15) is 5.82 Å². The maximum Gasteiger partial charge on any atom is 0.316 e. The number of anilines is 2. The molecule has 2 aromatic heterocycles. The first kappa shape index (κ1) is 20.6. The molecule has 2 aromatic carbocycles. The van der Waals surface area contributed by atoms with Crippen LogP contribution in [0.5, 0.6) is 5.75 Å². The van der Waals surface area contributed by atoms with Crippen LogP contribution in [0.4, 0.5) is 16.0 Å². The molecule has 1 N–H and O–H groups in total. The van der Waals surface area contributed by atoms with Gasteiger partial charge in [-0.3, -0.25) is 9.59 Å². The number of hydrogen-bond acceptors (Lipinski definition) is 5. The minimum absolute atomic E-state index is 0.00273. The molecule has 0 aliphatic carbocycles. The van der Waals surface area contributed by atoms with Crippen molar-refractivity contribution in [2.24, 2.45) is 7.05 Å². The van der Waals surface area contributed by atoms with Gasteiger partial charge in [0.05, 0.1) is 36.1 Å². The molecule has 4 aromatic rings. The molecule has 0 aliphatic rings. The molecule has 0 amide bonds. The normalized spacial score (nSPS) is 11.0. The molecule has 0 bridgehead atoms. The summed E-state index contributed by atoms with van der Waals surface area (Å²) >= 11 is 5.91. The number of ether oxygens (including phenoxy) is 1. The maximum absolute atomic E-state index is 13.5. The predicted molar refractivity (Wildman–Crippen MR) is 118 cm³/mol. The molecule has 0 radical (unpaired) electrons. The van der Waals surface area contributed by atoms with Crippen molar-refractivity contribution in [3.05, 3.63) is 91.8 Å². The number of fused-ring (bicyclic) bond motifs is 1. The Bertz CT molecular complexity index is 1410. The number of halogens is 2. The lowest BCUT2D eigenvalue weighted by atomic mass is 10.1. The van der Waals surface area contributed by atoms with Crippen LogP contribution < -0.4 is 21.2 Å². The highest BCUT2D eigenvalue weighted by molar-refractivity contribution is 6.30. The first-order valence-electron chi connectivity index (χ1n) is 9.32. The van der Waals surface area contributed by atoms with Crippen molar-refractivity contribution in [1.82, 2.24) is 14.1 Å². The molecule has 7 nitrogen and oxygen atoms in total. The smallest absolute Gasteiger partial charge is 0.316 e. The summed E-state index contributed by atoms with van der Waals surface area (Å²) in [7, 11) is 3.07. The fraction of sp³-hybridized carbons (Fsp3) is 0.136. The average Bonchev–Trinajstić information content (AvgIpc) is 2.75. The standard InChI is InChI=1S/C22H18ClFN4O3/c1-27-18-5-3-4-17(14(18)7-9-20(27)29)25-22-26-21(30)19(31-2)12-28(22)11-13-6-8-16(24)15(23)10-13/h3-10,12H,11H2,1-2H3,(H,25,26,30).